The second-order valence-electron chi connectivity index (χ2n) is 8.08. The molecule has 0 saturated heterocycles. The predicted molar refractivity (Wildman–Crippen MR) is 108 cm³/mol. The summed E-state index contributed by atoms with van der Waals surface area (Å²) >= 11 is 0. The number of hydrogen-bond acceptors (Lipinski definition) is 3. The van der Waals surface area contributed by atoms with Crippen LogP contribution >= 0.6 is 0 Å². The Morgan fingerprint density at radius 1 is 1.15 bits per heavy atom. The van der Waals surface area contributed by atoms with Crippen LogP contribution in [0.25, 0.3) is 22.0 Å². The first kappa shape index (κ1) is 19.1. The molecular formula is C23H25NO3. The Morgan fingerprint density at radius 2 is 1.89 bits per heavy atom. The number of benzene rings is 2. The van der Waals surface area contributed by atoms with E-state index in [0.29, 0.717) is 6.42 Å². The third-order valence-corrected chi connectivity index (χ3v) is 4.71. The zero-order chi connectivity index (χ0) is 19.8. The Labute approximate surface area is 159 Å². The molecule has 1 heterocycles. The Morgan fingerprint density at radius 3 is 2.44 bits per heavy atom. The van der Waals surface area contributed by atoms with Crippen LogP contribution < -0.4 is 0 Å². The molecule has 27 heavy (non-hydrogen) atoms. The summed E-state index contributed by atoms with van der Waals surface area (Å²) in [6.45, 7) is 8.31. The number of aromatic nitrogens is 1. The van der Waals surface area contributed by atoms with Crippen LogP contribution in [0.15, 0.2) is 48.7 Å². The SMILES string of the molecule is CC(O)Cc1cc2cccc(-c3ccc(C(=O)O)cn3)c2cc1C(C)(C)C. The van der Waals surface area contributed by atoms with Crippen molar-refractivity contribution in [2.45, 2.75) is 45.6 Å². The molecule has 0 bridgehead atoms. The number of carbonyl (C=O) groups is 1. The van der Waals surface area contributed by atoms with Gasteiger partial charge in [-0.25, -0.2) is 4.79 Å². The van der Waals surface area contributed by atoms with E-state index in [1.54, 1.807) is 19.1 Å². The van der Waals surface area contributed by atoms with Gasteiger partial charge in [-0.05, 0) is 58.9 Å². The van der Waals surface area contributed by atoms with Crippen molar-refractivity contribution in [3.05, 3.63) is 65.4 Å². The fraction of sp³-hybridized carbons (Fsp3) is 0.304. The fourth-order valence-electron chi connectivity index (χ4n) is 3.46. The summed E-state index contributed by atoms with van der Waals surface area (Å²) in [7, 11) is 0. The first-order chi connectivity index (χ1) is 12.7. The highest BCUT2D eigenvalue weighted by Crippen LogP contribution is 2.35. The lowest BCUT2D eigenvalue weighted by atomic mass is 9.80. The van der Waals surface area contributed by atoms with E-state index in [2.05, 4.69) is 44.0 Å². The van der Waals surface area contributed by atoms with Crippen molar-refractivity contribution in [2.24, 2.45) is 0 Å². The van der Waals surface area contributed by atoms with E-state index < -0.39 is 12.1 Å². The van der Waals surface area contributed by atoms with Crippen LogP contribution in [0, 0.1) is 0 Å². The Kier molecular flexibility index (Phi) is 5.03. The van der Waals surface area contributed by atoms with Gasteiger partial charge in [0.15, 0.2) is 0 Å². The van der Waals surface area contributed by atoms with Gasteiger partial charge in [-0.3, -0.25) is 4.98 Å². The number of aliphatic hydroxyl groups excluding tert-OH is 1. The number of aliphatic hydroxyl groups is 1. The van der Waals surface area contributed by atoms with Gasteiger partial charge < -0.3 is 10.2 Å². The van der Waals surface area contributed by atoms with Crippen LogP contribution in [0.2, 0.25) is 0 Å². The topological polar surface area (TPSA) is 70.4 Å². The fourth-order valence-corrected chi connectivity index (χ4v) is 3.46. The van der Waals surface area contributed by atoms with Crippen LogP contribution in [0.3, 0.4) is 0 Å². The number of aromatic carboxylic acids is 1. The quantitative estimate of drug-likeness (QED) is 0.697. The lowest BCUT2D eigenvalue weighted by Gasteiger charge is -2.25. The molecule has 0 amide bonds. The van der Waals surface area contributed by atoms with Crippen LogP contribution in [-0.4, -0.2) is 27.3 Å². The van der Waals surface area contributed by atoms with Gasteiger partial charge >= 0.3 is 5.97 Å². The van der Waals surface area contributed by atoms with Gasteiger partial charge in [0.2, 0.25) is 0 Å². The van der Waals surface area contributed by atoms with E-state index in [4.69, 9.17) is 5.11 Å². The largest absolute Gasteiger partial charge is 0.478 e. The maximum Gasteiger partial charge on any atom is 0.337 e. The maximum absolute atomic E-state index is 11.1. The lowest BCUT2D eigenvalue weighted by molar-refractivity contribution is 0.0696. The molecule has 0 fully saturated rings. The number of carboxylic acids is 1. The number of nitrogens with zero attached hydrogens (tertiary/aromatic N) is 1. The molecule has 0 spiro atoms. The van der Waals surface area contributed by atoms with Gasteiger partial charge in [0.05, 0.1) is 17.4 Å². The molecule has 1 aromatic heterocycles. The van der Waals surface area contributed by atoms with Crippen molar-refractivity contribution in [3.63, 3.8) is 0 Å². The summed E-state index contributed by atoms with van der Waals surface area (Å²) in [5, 5.41) is 21.2. The van der Waals surface area contributed by atoms with Crippen LogP contribution in [0.4, 0.5) is 0 Å². The van der Waals surface area contributed by atoms with Gasteiger partial charge in [0, 0.05) is 11.8 Å². The molecule has 0 aliphatic rings. The maximum atomic E-state index is 11.1. The molecule has 1 unspecified atom stereocenters. The van der Waals surface area contributed by atoms with Crippen molar-refractivity contribution in [3.8, 4) is 11.3 Å². The van der Waals surface area contributed by atoms with Crippen molar-refractivity contribution >= 4 is 16.7 Å². The minimum atomic E-state index is -0.982. The molecule has 2 aromatic carbocycles. The molecular weight excluding hydrogens is 338 g/mol. The van der Waals surface area contributed by atoms with Gasteiger partial charge in [-0.15, -0.1) is 0 Å². The molecule has 3 rings (SSSR count). The van der Waals surface area contributed by atoms with E-state index in [1.807, 2.05) is 12.1 Å². The molecule has 0 aliphatic carbocycles. The van der Waals surface area contributed by atoms with Crippen molar-refractivity contribution in [1.82, 2.24) is 4.98 Å². The summed E-state index contributed by atoms with van der Waals surface area (Å²) in [5.74, 6) is -0.982. The monoisotopic (exact) mass is 363 g/mol. The summed E-state index contributed by atoms with van der Waals surface area (Å²) < 4.78 is 0. The average molecular weight is 363 g/mol. The highest BCUT2D eigenvalue weighted by Gasteiger charge is 2.20. The van der Waals surface area contributed by atoms with E-state index >= 15 is 0 Å². The average Bonchev–Trinajstić information content (AvgIpc) is 2.59. The van der Waals surface area contributed by atoms with Crippen molar-refractivity contribution in [2.75, 3.05) is 0 Å². The number of hydrogen-bond donors (Lipinski definition) is 2. The van der Waals surface area contributed by atoms with Crippen LogP contribution in [0.5, 0.6) is 0 Å². The third-order valence-electron chi connectivity index (χ3n) is 4.71. The number of rotatable bonds is 4. The van der Waals surface area contributed by atoms with Crippen molar-refractivity contribution < 1.29 is 15.0 Å². The minimum absolute atomic E-state index is 0.0634. The minimum Gasteiger partial charge on any atom is -0.478 e. The lowest BCUT2D eigenvalue weighted by Crippen LogP contribution is -2.17. The predicted octanol–water partition coefficient (Wildman–Crippen LogP) is 4.82. The summed E-state index contributed by atoms with van der Waals surface area (Å²) in [6.07, 6.45) is 1.60. The Hall–Kier alpha value is -2.72. The van der Waals surface area contributed by atoms with Gasteiger partial charge in [0.25, 0.3) is 0 Å². The van der Waals surface area contributed by atoms with Gasteiger partial charge in [0.1, 0.15) is 0 Å². The highest BCUT2D eigenvalue weighted by atomic mass is 16.4. The normalized spacial score (nSPS) is 12.9. The first-order valence-electron chi connectivity index (χ1n) is 9.10. The number of carboxylic acid groups (broad SMARTS) is 1. The van der Waals surface area contributed by atoms with E-state index in [-0.39, 0.29) is 11.0 Å². The van der Waals surface area contributed by atoms with E-state index in [9.17, 15) is 9.90 Å². The second kappa shape index (κ2) is 7.12. The number of pyridine rings is 1. The third kappa shape index (κ3) is 4.01. The van der Waals surface area contributed by atoms with Crippen LogP contribution in [-0.2, 0) is 11.8 Å². The number of fused-ring (bicyclic) bond motifs is 1. The first-order valence-corrected chi connectivity index (χ1v) is 9.10. The molecule has 4 nitrogen and oxygen atoms in total. The van der Waals surface area contributed by atoms with E-state index in [1.165, 1.54) is 11.8 Å². The standard InChI is InChI=1S/C23H25NO3/c1-14(25)10-17-11-15-6-5-7-18(19(15)12-20(17)23(2,3)4)21-9-8-16(13-24-21)22(26)27/h5-9,11-14,25H,10H2,1-4H3,(H,26,27). The molecule has 3 aromatic rings. The summed E-state index contributed by atoms with van der Waals surface area (Å²) in [5.41, 5.74) is 4.18. The molecule has 140 valence electrons. The highest BCUT2D eigenvalue weighted by molar-refractivity contribution is 5.97. The summed E-state index contributed by atoms with van der Waals surface area (Å²) in [6, 6.07) is 13.7. The smallest absolute Gasteiger partial charge is 0.337 e. The molecule has 0 saturated carbocycles. The van der Waals surface area contributed by atoms with Gasteiger partial charge in [-0.2, -0.15) is 0 Å². The van der Waals surface area contributed by atoms with E-state index in [0.717, 1.165) is 27.6 Å². The molecule has 1 atom stereocenters. The zero-order valence-electron chi connectivity index (χ0n) is 16.2. The molecule has 0 radical (unpaired) electrons. The molecule has 0 aliphatic heterocycles. The van der Waals surface area contributed by atoms with Crippen molar-refractivity contribution in [1.29, 1.82) is 0 Å². The zero-order valence-corrected chi connectivity index (χ0v) is 16.2. The summed E-state index contributed by atoms with van der Waals surface area (Å²) in [4.78, 5) is 15.4. The Balaban J connectivity index is 2.21. The molecule has 2 N–H and O–H groups in total. The molecule has 4 heteroatoms. The van der Waals surface area contributed by atoms with Gasteiger partial charge in [-0.1, -0.05) is 45.0 Å². The van der Waals surface area contributed by atoms with Crippen LogP contribution in [0.1, 0.15) is 49.2 Å². The second-order valence-corrected chi connectivity index (χ2v) is 8.08. The Bertz CT molecular complexity index is 983.